The Morgan fingerprint density at radius 3 is 2.54 bits per heavy atom. The van der Waals surface area contributed by atoms with Crippen molar-refractivity contribution >= 4 is 17.2 Å². The second-order valence-electron chi connectivity index (χ2n) is 6.64. The Kier molecular flexibility index (Phi) is 5.96. The molecule has 0 aliphatic carbocycles. The van der Waals surface area contributed by atoms with Crippen molar-refractivity contribution in [3.05, 3.63) is 45.9 Å². The van der Waals surface area contributed by atoms with E-state index >= 15 is 0 Å². The highest BCUT2D eigenvalue weighted by Crippen LogP contribution is 2.24. The van der Waals surface area contributed by atoms with Gasteiger partial charge in [-0.05, 0) is 37.5 Å². The fourth-order valence-corrected chi connectivity index (χ4v) is 2.81. The summed E-state index contributed by atoms with van der Waals surface area (Å²) >= 11 is 1.40. The highest BCUT2D eigenvalue weighted by molar-refractivity contribution is 7.09. The first kappa shape index (κ1) is 18.4. The lowest BCUT2D eigenvalue weighted by atomic mass is 9.94. The van der Waals surface area contributed by atoms with Gasteiger partial charge in [0.15, 0.2) is 0 Å². The number of nitrogens with zero attached hydrogens (tertiary/aromatic N) is 1. The number of thiazole rings is 1. The van der Waals surface area contributed by atoms with Crippen molar-refractivity contribution in [1.82, 2.24) is 10.3 Å². The largest absolute Gasteiger partial charge is 0.493 e. The first-order chi connectivity index (χ1) is 11.3. The summed E-state index contributed by atoms with van der Waals surface area (Å²) in [4.78, 5) is 16.6. The van der Waals surface area contributed by atoms with Gasteiger partial charge in [-0.15, -0.1) is 11.3 Å². The predicted molar refractivity (Wildman–Crippen MR) is 97.3 cm³/mol. The minimum Gasteiger partial charge on any atom is -0.493 e. The zero-order valence-electron chi connectivity index (χ0n) is 14.6. The van der Waals surface area contributed by atoms with E-state index in [1.54, 1.807) is 5.38 Å². The molecule has 0 atom stereocenters. The number of aromatic nitrogens is 1. The molecule has 0 spiro atoms. The maximum Gasteiger partial charge on any atom is 0.271 e. The lowest BCUT2D eigenvalue weighted by Crippen LogP contribution is -2.41. The van der Waals surface area contributed by atoms with Crippen LogP contribution in [0.4, 0.5) is 0 Å². The maximum absolute atomic E-state index is 12.4. The number of benzene rings is 1. The van der Waals surface area contributed by atoms with Crippen LogP contribution in [0, 0.1) is 5.92 Å². The minimum atomic E-state index is -0.514. The monoisotopic (exact) mass is 347 g/mol. The number of hydrogen-bond donors (Lipinski definition) is 2. The standard InChI is InChI=1S/C18H25N3O2S/c1-12(2)10-23-14-7-5-13(6-8-14)18(3,4)21-17(22)15-11-24-16(9-19)20-15/h5-8,11-12H,9-10,19H2,1-4H3,(H,21,22). The molecule has 5 nitrogen and oxygen atoms in total. The topological polar surface area (TPSA) is 77.2 Å². The van der Waals surface area contributed by atoms with Crippen LogP contribution in [0.15, 0.2) is 29.6 Å². The summed E-state index contributed by atoms with van der Waals surface area (Å²) in [6, 6.07) is 7.81. The van der Waals surface area contributed by atoms with Gasteiger partial charge in [0.05, 0.1) is 12.1 Å². The molecule has 6 heteroatoms. The van der Waals surface area contributed by atoms with Crippen LogP contribution in [0.3, 0.4) is 0 Å². The number of ether oxygens (including phenoxy) is 1. The van der Waals surface area contributed by atoms with E-state index in [-0.39, 0.29) is 5.91 Å². The summed E-state index contributed by atoms with van der Waals surface area (Å²) < 4.78 is 5.69. The van der Waals surface area contributed by atoms with Crippen molar-refractivity contribution in [3.8, 4) is 5.75 Å². The lowest BCUT2D eigenvalue weighted by Gasteiger charge is -2.26. The van der Waals surface area contributed by atoms with Gasteiger partial charge in [0, 0.05) is 11.9 Å². The zero-order chi connectivity index (χ0) is 17.7. The Morgan fingerprint density at radius 2 is 2.00 bits per heavy atom. The van der Waals surface area contributed by atoms with Crippen LogP contribution in [0.5, 0.6) is 5.75 Å². The normalized spacial score (nSPS) is 11.6. The smallest absolute Gasteiger partial charge is 0.271 e. The summed E-state index contributed by atoms with van der Waals surface area (Å²) in [5.41, 5.74) is 6.44. The SMILES string of the molecule is CC(C)COc1ccc(C(C)(C)NC(=O)c2csc(CN)n2)cc1. The number of rotatable bonds is 7. The van der Waals surface area contributed by atoms with Crippen molar-refractivity contribution in [2.75, 3.05) is 6.61 Å². The van der Waals surface area contributed by atoms with Crippen LogP contribution < -0.4 is 15.8 Å². The van der Waals surface area contributed by atoms with Crippen molar-refractivity contribution in [3.63, 3.8) is 0 Å². The number of amides is 1. The quantitative estimate of drug-likeness (QED) is 0.805. The van der Waals surface area contributed by atoms with Gasteiger partial charge in [0.2, 0.25) is 0 Å². The molecule has 1 aromatic heterocycles. The fourth-order valence-electron chi connectivity index (χ4n) is 2.16. The van der Waals surface area contributed by atoms with Crippen LogP contribution in [-0.4, -0.2) is 17.5 Å². The molecule has 0 saturated carbocycles. The van der Waals surface area contributed by atoms with E-state index in [0.29, 0.717) is 24.8 Å². The lowest BCUT2D eigenvalue weighted by molar-refractivity contribution is 0.0907. The van der Waals surface area contributed by atoms with Gasteiger partial charge in [0.25, 0.3) is 5.91 Å². The van der Waals surface area contributed by atoms with E-state index < -0.39 is 5.54 Å². The second kappa shape index (κ2) is 7.77. The molecule has 0 fully saturated rings. The first-order valence-corrected chi connectivity index (χ1v) is 8.90. The molecule has 2 rings (SSSR count). The molecule has 1 heterocycles. The average Bonchev–Trinajstić information content (AvgIpc) is 3.02. The van der Waals surface area contributed by atoms with Gasteiger partial charge in [0.1, 0.15) is 16.5 Å². The Labute approximate surface area is 147 Å². The van der Waals surface area contributed by atoms with Crippen molar-refractivity contribution < 1.29 is 9.53 Å². The third-order valence-corrected chi connectivity index (χ3v) is 4.42. The van der Waals surface area contributed by atoms with Gasteiger partial charge >= 0.3 is 0 Å². The van der Waals surface area contributed by atoms with E-state index in [9.17, 15) is 4.79 Å². The van der Waals surface area contributed by atoms with E-state index in [0.717, 1.165) is 16.3 Å². The van der Waals surface area contributed by atoms with Crippen molar-refractivity contribution in [2.24, 2.45) is 11.7 Å². The molecule has 130 valence electrons. The number of nitrogens with one attached hydrogen (secondary N) is 1. The van der Waals surface area contributed by atoms with Crippen LogP contribution in [0.2, 0.25) is 0 Å². The van der Waals surface area contributed by atoms with Crippen molar-refractivity contribution in [1.29, 1.82) is 0 Å². The Bertz CT molecular complexity index is 678. The van der Waals surface area contributed by atoms with E-state index in [1.165, 1.54) is 11.3 Å². The molecule has 0 unspecified atom stereocenters. The zero-order valence-corrected chi connectivity index (χ0v) is 15.4. The number of nitrogens with two attached hydrogens (primary N) is 1. The summed E-state index contributed by atoms with van der Waals surface area (Å²) in [6.07, 6.45) is 0. The summed E-state index contributed by atoms with van der Waals surface area (Å²) in [7, 11) is 0. The Balaban J connectivity index is 2.04. The molecule has 24 heavy (non-hydrogen) atoms. The van der Waals surface area contributed by atoms with Crippen LogP contribution in [0.1, 0.15) is 48.8 Å². The summed E-state index contributed by atoms with van der Waals surface area (Å²) in [6.45, 7) is 9.19. The molecule has 1 amide bonds. The molecule has 0 aliphatic heterocycles. The Morgan fingerprint density at radius 1 is 1.33 bits per heavy atom. The molecule has 0 saturated heterocycles. The molecule has 0 radical (unpaired) electrons. The van der Waals surface area contributed by atoms with Gasteiger partial charge < -0.3 is 15.8 Å². The molecule has 1 aromatic carbocycles. The molecular formula is C18H25N3O2S. The molecule has 3 N–H and O–H groups in total. The van der Waals surface area contributed by atoms with Gasteiger partial charge in [-0.25, -0.2) is 4.98 Å². The summed E-state index contributed by atoms with van der Waals surface area (Å²) in [5.74, 6) is 1.12. The van der Waals surface area contributed by atoms with Gasteiger partial charge in [-0.3, -0.25) is 4.79 Å². The highest BCUT2D eigenvalue weighted by Gasteiger charge is 2.24. The average molecular weight is 347 g/mol. The molecule has 0 aliphatic rings. The highest BCUT2D eigenvalue weighted by atomic mass is 32.1. The van der Waals surface area contributed by atoms with E-state index in [1.807, 2.05) is 38.1 Å². The maximum atomic E-state index is 12.4. The minimum absolute atomic E-state index is 0.198. The fraction of sp³-hybridized carbons (Fsp3) is 0.444. The van der Waals surface area contributed by atoms with Crippen LogP contribution >= 0.6 is 11.3 Å². The number of hydrogen-bond acceptors (Lipinski definition) is 5. The molecule has 2 aromatic rings. The third-order valence-electron chi connectivity index (χ3n) is 3.54. The van der Waals surface area contributed by atoms with Crippen LogP contribution in [-0.2, 0) is 12.1 Å². The van der Waals surface area contributed by atoms with Gasteiger partial charge in [-0.2, -0.15) is 0 Å². The second-order valence-corrected chi connectivity index (χ2v) is 7.58. The molecular weight excluding hydrogens is 322 g/mol. The van der Waals surface area contributed by atoms with E-state index in [4.69, 9.17) is 10.5 Å². The van der Waals surface area contributed by atoms with Crippen molar-refractivity contribution in [2.45, 2.75) is 39.8 Å². The first-order valence-electron chi connectivity index (χ1n) is 8.02. The van der Waals surface area contributed by atoms with E-state index in [2.05, 4.69) is 24.1 Å². The van der Waals surface area contributed by atoms with Gasteiger partial charge in [-0.1, -0.05) is 26.0 Å². The number of carbonyl (C=O) groups excluding carboxylic acids is 1. The third kappa shape index (κ3) is 4.79. The molecule has 0 bridgehead atoms. The van der Waals surface area contributed by atoms with Crippen LogP contribution in [0.25, 0.3) is 0 Å². The summed E-state index contributed by atoms with van der Waals surface area (Å²) in [5, 5.41) is 5.51. The predicted octanol–water partition coefficient (Wildman–Crippen LogP) is 3.30. The Hall–Kier alpha value is -1.92. The number of carbonyl (C=O) groups is 1.